The standard InChI is InChI=1S/C39H63NO9/c1-10-38(31(45-9)23(42)14-18-46-38)49-27-13-15-36-20-37(36)17-16-35(8)28-21(2)19-24(32(34(6,7)44)47-22(3)41)48-29(28)30(43)39(35,40)26(37)12-11-25(36)33(27,4)5/h21,23-29,31-32,42,44H,10-20,40H2,1-9H3. The molecule has 0 radical (unpaired) electrons. The Bertz CT molecular complexity index is 1350. The molecular formula is C39H63NO9. The minimum atomic E-state index is -1.33. The largest absolute Gasteiger partial charge is 0.457 e. The lowest BCUT2D eigenvalue weighted by Gasteiger charge is -2.62. The highest BCUT2D eigenvalue weighted by atomic mass is 16.7. The quantitative estimate of drug-likeness (QED) is 0.254. The summed E-state index contributed by atoms with van der Waals surface area (Å²) in [5.41, 5.74) is 4.93. The van der Waals surface area contributed by atoms with E-state index < -0.39 is 58.8 Å². The summed E-state index contributed by atoms with van der Waals surface area (Å²) in [7, 11) is 1.63. The molecule has 0 aromatic carbocycles. The van der Waals surface area contributed by atoms with Crippen molar-refractivity contribution < 1.29 is 43.5 Å². The SMILES string of the molecule is CCC1(OC2CCC34CC35CCC3(C)C6C(C)CC(C(OC(C)=O)C(C)(C)O)OC6C(=O)C3(N)C5CCC4C2(C)C)OCCC(O)C1OC. The molecule has 15 atom stereocenters. The Balaban J connectivity index is 1.16. The van der Waals surface area contributed by atoms with Gasteiger partial charge in [-0.15, -0.1) is 0 Å². The second-order valence-corrected chi connectivity index (χ2v) is 18.8. The number of hydrogen-bond acceptors (Lipinski definition) is 10. The Labute approximate surface area is 292 Å². The van der Waals surface area contributed by atoms with Crippen LogP contribution in [0.25, 0.3) is 0 Å². The van der Waals surface area contributed by atoms with Gasteiger partial charge in [0.2, 0.25) is 0 Å². The van der Waals surface area contributed by atoms with Crippen LogP contribution in [0.2, 0.25) is 0 Å². The van der Waals surface area contributed by atoms with Gasteiger partial charge in [-0.25, -0.2) is 0 Å². The van der Waals surface area contributed by atoms with E-state index >= 15 is 0 Å². The van der Waals surface area contributed by atoms with E-state index in [-0.39, 0.29) is 45.9 Å². The first-order valence-electron chi connectivity index (χ1n) is 19.2. The fourth-order valence-corrected chi connectivity index (χ4v) is 13.9. The van der Waals surface area contributed by atoms with Crippen LogP contribution in [0.1, 0.15) is 120 Å². The summed E-state index contributed by atoms with van der Waals surface area (Å²) >= 11 is 0. The van der Waals surface area contributed by atoms with Gasteiger partial charge in [-0.05, 0) is 111 Å². The molecule has 49 heavy (non-hydrogen) atoms. The number of nitrogens with two attached hydrogens (primary N) is 1. The second-order valence-electron chi connectivity index (χ2n) is 18.8. The topological polar surface area (TPSA) is 147 Å². The highest BCUT2D eigenvalue weighted by Crippen LogP contribution is 2.87. The number of aliphatic hydroxyl groups is 2. The van der Waals surface area contributed by atoms with Gasteiger partial charge in [0.05, 0.1) is 36.1 Å². The van der Waals surface area contributed by atoms with Crippen molar-refractivity contribution in [1.82, 2.24) is 0 Å². The van der Waals surface area contributed by atoms with Crippen LogP contribution in [-0.2, 0) is 33.3 Å². The molecule has 7 aliphatic rings. The van der Waals surface area contributed by atoms with Gasteiger partial charge in [0.1, 0.15) is 12.2 Å². The highest BCUT2D eigenvalue weighted by Gasteiger charge is 2.85. The monoisotopic (exact) mass is 689 g/mol. The van der Waals surface area contributed by atoms with Crippen LogP contribution < -0.4 is 5.73 Å². The van der Waals surface area contributed by atoms with E-state index in [0.717, 1.165) is 44.9 Å². The molecule has 2 aliphatic heterocycles. The van der Waals surface area contributed by atoms with Gasteiger partial charge in [-0.2, -0.15) is 0 Å². The van der Waals surface area contributed by atoms with Crippen molar-refractivity contribution in [2.45, 2.75) is 173 Å². The van der Waals surface area contributed by atoms with Crippen molar-refractivity contribution in [3.8, 4) is 0 Å². The number of esters is 1. The van der Waals surface area contributed by atoms with Crippen molar-refractivity contribution in [1.29, 1.82) is 0 Å². The third-order valence-corrected chi connectivity index (χ3v) is 16.0. The molecule has 278 valence electrons. The highest BCUT2D eigenvalue weighted by molar-refractivity contribution is 5.97. The van der Waals surface area contributed by atoms with Crippen LogP contribution in [0.4, 0.5) is 0 Å². The zero-order valence-corrected chi connectivity index (χ0v) is 31.4. The van der Waals surface area contributed by atoms with Crippen molar-refractivity contribution in [3.05, 3.63) is 0 Å². The molecular weight excluding hydrogens is 626 g/mol. The molecule has 2 heterocycles. The van der Waals surface area contributed by atoms with E-state index in [1.165, 1.54) is 6.92 Å². The number of carbonyl (C=O) groups is 2. The van der Waals surface area contributed by atoms with Crippen molar-refractivity contribution >= 4 is 11.8 Å². The van der Waals surface area contributed by atoms with Gasteiger partial charge in [-0.3, -0.25) is 9.59 Å². The lowest BCUT2D eigenvalue weighted by atomic mass is 9.43. The smallest absolute Gasteiger partial charge is 0.303 e. The van der Waals surface area contributed by atoms with Gasteiger partial charge < -0.3 is 39.6 Å². The summed E-state index contributed by atoms with van der Waals surface area (Å²) in [4.78, 5) is 27.0. The number of Topliss-reactive ketones (excluding diaryl/α,β-unsaturated/α-hetero) is 1. The molecule has 0 aromatic rings. The number of methoxy groups -OCH3 is 1. The fraction of sp³-hybridized carbons (Fsp3) is 0.949. The van der Waals surface area contributed by atoms with E-state index in [1.54, 1.807) is 21.0 Å². The summed E-state index contributed by atoms with van der Waals surface area (Å²) < 4.78 is 31.5. The van der Waals surface area contributed by atoms with E-state index in [9.17, 15) is 19.8 Å². The minimum absolute atomic E-state index is 0.0122. The number of fused-ring (bicyclic) bond motifs is 4. The lowest BCUT2D eigenvalue weighted by Crippen LogP contribution is -2.69. The van der Waals surface area contributed by atoms with Crippen molar-refractivity contribution in [2.24, 2.45) is 51.1 Å². The Morgan fingerprint density at radius 1 is 1.08 bits per heavy atom. The minimum Gasteiger partial charge on any atom is -0.457 e. The van der Waals surface area contributed by atoms with Gasteiger partial charge in [0.25, 0.3) is 0 Å². The summed E-state index contributed by atoms with van der Waals surface area (Å²) in [5, 5.41) is 21.8. The Kier molecular flexibility index (Phi) is 8.45. The lowest BCUT2D eigenvalue weighted by molar-refractivity contribution is -0.357. The first-order valence-corrected chi connectivity index (χ1v) is 19.2. The summed E-state index contributed by atoms with van der Waals surface area (Å²) in [5.74, 6) is -0.879. The van der Waals surface area contributed by atoms with E-state index in [4.69, 9.17) is 29.4 Å². The molecule has 15 unspecified atom stereocenters. The van der Waals surface area contributed by atoms with Crippen LogP contribution in [0.3, 0.4) is 0 Å². The van der Waals surface area contributed by atoms with E-state index in [2.05, 4.69) is 27.7 Å². The summed E-state index contributed by atoms with van der Waals surface area (Å²) in [6.45, 7) is 16.2. The maximum absolute atomic E-state index is 14.9. The predicted molar refractivity (Wildman–Crippen MR) is 181 cm³/mol. The molecule has 7 rings (SSSR count). The molecule has 0 amide bonds. The molecule has 0 bridgehead atoms. The molecule has 7 fully saturated rings. The first kappa shape index (κ1) is 36.2. The van der Waals surface area contributed by atoms with Crippen molar-refractivity contribution in [3.63, 3.8) is 0 Å². The van der Waals surface area contributed by atoms with Crippen LogP contribution in [0.5, 0.6) is 0 Å². The molecule has 0 aromatic heterocycles. The summed E-state index contributed by atoms with van der Waals surface area (Å²) in [6.07, 6.45) is 5.18. The van der Waals surface area contributed by atoms with Crippen LogP contribution in [0.15, 0.2) is 0 Å². The predicted octanol–water partition coefficient (Wildman–Crippen LogP) is 4.69. The number of rotatable bonds is 7. The Morgan fingerprint density at radius 2 is 1.76 bits per heavy atom. The average Bonchev–Trinajstić information content (AvgIpc) is 3.65. The number of aliphatic hydroxyl groups excluding tert-OH is 1. The number of ether oxygens (including phenoxy) is 5. The molecule has 5 aliphatic carbocycles. The molecule has 4 N–H and O–H groups in total. The average molecular weight is 690 g/mol. The maximum Gasteiger partial charge on any atom is 0.303 e. The van der Waals surface area contributed by atoms with Gasteiger partial charge >= 0.3 is 5.97 Å². The number of ketones is 1. The maximum atomic E-state index is 14.9. The molecule has 10 heteroatoms. The number of carbonyl (C=O) groups excluding carboxylic acids is 2. The molecule has 10 nitrogen and oxygen atoms in total. The first-order chi connectivity index (χ1) is 22.8. The zero-order chi connectivity index (χ0) is 35.7. The van der Waals surface area contributed by atoms with Crippen LogP contribution in [-0.4, -0.2) is 89.2 Å². The third-order valence-electron chi connectivity index (χ3n) is 16.0. The summed E-state index contributed by atoms with van der Waals surface area (Å²) in [6, 6.07) is 0. The van der Waals surface area contributed by atoms with Crippen LogP contribution in [0, 0.1) is 45.3 Å². The van der Waals surface area contributed by atoms with Crippen LogP contribution >= 0.6 is 0 Å². The molecule has 2 spiro atoms. The Hall–Kier alpha value is -1.14. The molecule has 2 saturated heterocycles. The van der Waals surface area contributed by atoms with E-state index in [1.807, 2.05) is 6.92 Å². The number of hydrogen-bond donors (Lipinski definition) is 3. The zero-order valence-electron chi connectivity index (χ0n) is 31.4. The van der Waals surface area contributed by atoms with Gasteiger partial charge in [0, 0.05) is 26.4 Å². The molecule has 5 saturated carbocycles. The fourth-order valence-electron chi connectivity index (χ4n) is 13.9. The third kappa shape index (κ3) is 4.69. The normalized spacial score (nSPS) is 52.2. The van der Waals surface area contributed by atoms with Crippen molar-refractivity contribution in [2.75, 3.05) is 13.7 Å². The van der Waals surface area contributed by atoms with E-state index in [0.29, 0.717) is 31.8 Å². The second kappa shape index (κ2) is 11.4. The van der Waals surface area contributed by atoms with Gasteiger partial charge in [-0.1, -0.05) is 34.6 Å². The van der Waals surface area contributed by atoms with Gasteiger partial charge in [0.15, 0.2) is 17.7 Å². The Morgan fingerprint density at radius 3 is 2.39 bits per heavy atom.